The molecule has 0 bridgehead atoms. The van der Waals surface area contributed by atoms with Gasteiger partial charge in [-0.25, -0.2) is 0 Å². The minimum absolute atomic E-state index is 0.185. The number of benzene rings is 4. The molecule has 0 unspecified atom stereocenters. The minimum Gasteiger partial charge on any atom is -0.352 e. The van der Waals surface area contributed by atoms with Gasteiger partial charge < -0.3 is 4.90 Å². The van der Waals surface area contributed by atoms with Gasteiger partial charge in [-0.05, 0) is 35.4 Å². The predicted molar refractivity (Wildman–Crippen MR) is 153 cm³/mol. The Hall–Kier alpha value is -3.99. The number of halogens is 2. The molecule has 3 aliphatic rings. The summed E-state index contributed by atoms with van der Waals surface area (Å²) in [6.45, 7) is 0. The number of hydrogen-bond donors (Lipinski definition) is 0. The smallest absolute Gasteiger partial charge is 0.185 e. The quantitative estimate of drug-likeness (QED) is 0.198. The van der Waals surface area contributed by atoms with Crippen LogP contribution in [0.2, 0.25) is 10.0 Å². The van der Waals surface area contributed by atoms with E-state index >= 15 is 0 Å². The van der Waals surface area contributed by atoms with Crippen molar-refractivity contribution >= 4 is 52.3 Å². The number of hydrogen-bond acceptors (Lipinski definition) is 4. The second-order valence-electron chi connectivity index (χ2n) is 10.2. The first-order valence-corrected chi connectivity index (χ1v) is 13.5. The lowest BCUT2D eigenvalue weighted by Crippen LogP contribution is -2.48. The lowest BCUT2D eigenvalue weighted by Gasteiger charge is -2.37. The highest BCUT2D eigenvalue weighted by molar-refractivity contribution is 6.34. The van der Waals surface area contributed by atoms with Crippen molar-refractivity contribution in [3.63, 3.8) is 0 Å². The maximum atomic E-state index is 14.6. The van der Waals surface area contributed by atoms with E-state index in [9.17, 15) is 14.4 Å². The van der Waals surface area contributed by atoms with E-state index in [1.165, 1.54) is 0 Å². The fourth-order valence-electron chi connectivity index (χ4n) is 6.79. The molecule has 4 aromatic rings. The molecular weight excluding hydrogens is 529 g/mol. The topological polar surface area (TPSA) is 54.5 Å². The molecule has 1 aliphatic carbocycles. The van der Waals surface area contributed by atoms with Gasteiger partial charge in [0, 0.05) is 38.3 Å². The molecule has 0 saturated carbocycles. The van der Waals surface area contributed by atoms with Crippen molar-refractivity contribution in [1.29, 1.82) is 0 Å². The molecule has 1 saturated heterocycles. The number of carbonyl (C=O) groups is 3. The largest absolute Gasteiger partial charge is 0.352 e. The lowest BCUT2D eigenvalue weighted by atomic mass is 9.64. The van der Waals surface area contributed by atoms with Crippen LogP contribution in [-0.2, 0) is 0 Å². The second-order valence-corrected chi connectivity index (χ2v) is 11.0. The average molecular weight is 550 g/mol. The van der Waals surface area contributed by atoms with Gasteiger partial charge in [0.15, 0.2) is 17.3 Å². The summed E-state index contributed by atoms with van der Waals surface area (Å²) in [6, 6.07) is 27.0. The van der Waals surface area contributed by atoms with Gasteiger partial charge in [0.25, 0.3) is 0 Å². The molecule has 1 fully saturated rings. The standard InChI is InChI=1S/C33H21Cl2NO3/c34-21-15-16-26-20(18-21)14-17-27-33(31(38)22-10-4-5-11-23(22)32(33)39)28(24-12-6-7-13-25(24)35)29(36(26)27)30(37)19-8-2-1-3-9-19/h1-18,27-29H/t27-,28-,29+/m0/s1. The van der Waals surface area contributed by atoms with E-state index in [1.807, 2.05) is 59.5 Å². The normalized spacial score (nSPS) is 22.1. The van der Waals surface area contributed by atoms with Gasteiger partial charge in [0.1, 0.15) is 11.5 Å². The monoisotopic (exact) mass is 549 g/mol. The molecule has 39 heavy (non-hydrogen) atoms. The zero-order valence-electron chi connectivity index (χ0n) is 20.6. The molecule has 4 aromatic carbocycles. The van der Waals surface area contributed by atoms with Crippen LogP contribution in [0.5, 0.6) is 0 Å². The molecule has 6 heteroatoms. The molecular formula is C33H21Cl2NO3. The average Bonchev–Trinajstić information content (AvgIpc) is 3.39. The van der Waals surface area contributed by atoms with Crippen molar-refractivity contribution in [1.82, 2.24) is 0 Å². The van der Waals surface area contributed by atoms with Crippen LogP contribution in [0.3, 0.4) is 0 Å². The first-order chi connectivity index (χ1) is 18.9. The molecule has 2 heterocycles. The Kier molecular flexibility index (Phi) is 5.41. The molecule has 0 amide bonds. The third kappa shape index (κ3) is 3.22. The maximum Gasteiger partial charge on any atom is 0.185 e. The van der Waals surface area contributed by atoms with Crippen molar-refractivity contribution < 1.29 is 14.4 Å². The maximum absolute atomic E-state index is 14.6. The number of Topliss-reactive ketones (excluding diaryl/α,β-unsaturated/α-hetero) is 3. The van der Waals surface area contributed by atoms with Crippen LogP contribution in [0.25, 0.3) is 6.08 Å². The Bertz CT molecular complexity index is 1690. The summed E-state index contributed by atoms with van der Waals surface area (Å²) in [5.74, 6) is -1.60. The van der Waals surface area contributed by atoms with E-state index < -0.39 is 23.4 Å². The minimum atomic E-state index is -1.59. The van der Waals surface area contributed by atoms with E-state index in [2.05, 4.69) is 0 Å². The summed E-state index contributed by atoms with van der Waals surface area (Å²) in [5.41, 5.74) is 1.82. The summed E-state index contributed by atoms with van der Waals surface area (Å²) < 4.78 is 0. The zero-order valence-corrected chi connectivity index (χ0v) is 22.1. The van der Waals surface area contributed by atoms with E-state index in [4.69, 9.17) is 23.2 Å². The van der Waals surface area contributed by atoms with E-state index in [0.717, 1.165) is 11.3 Å². The van der Waals surface area contributed by atoms with Gasteiger partial charge in [0.2, 0.25) is 0 Å². The van der Waals surface area contributed by atoms with Crippen LogP contribution < -0.4 is 4.90 Å². The predicted octanol–water partition coefficient (Wildman–Crippen LogP) is 7.31. The Morgan fingerprint density at radius 1 is 0.769 bits per heavy atom. The highest BCUT2D eigenvalue weighted by Gasteiger charge is 2.71. The van der Waals surface area contributed by atoms with Crippen LogP contribution in [0.15, 0.2) is 103 Å². The summed E-state index contributed by atoms with van der Waals surface area (Å²) in [7, 11) is 0. The number of nitrogens with zero attached hydrogens (tertiary/aromatic N) is 1. The third-order valence-electron chi connectivity index (χ3n) is 8.33. The highest BCUT2D eigenvalue weighted by atomic mass is 35.5. The number of anilines is 1. The summed E-state index contributed by atoms with van der Waals surface area (Å²) in [5, 5.41) is 0.962. The van der Waals surface area contributed by atoms with Crippen molar-refractivity contribution in [2.24, 2.45) is 5.41 Å². The van der Waals surface area contributed by atoms with Gasteiger partial charge in [-0.2, -0.15) is 0 Å². The fraction of sp³-hybridized carbons (Fsp3) is 0.121. The van der Waals surface area contributed by atoms with E-state index in [0.29, 0.717) is 32.3 Å². The Morgan fingerprint density at radius 3 is 2.10 bits per heavy atom. The van der Waals surface area contributed by atoms with E-state index in [-0.39, 0.29) is 17.3 Å². The summed E-state index contributed by atoms with van der Waals surface area (Å²) in [4.78, 5) is 45.7. The fourth-order valence-corrected chi connectivity index (χ4v) is 7.23. The first-order valence-electron chi connectivity index (χ1n) is 12.7. The molecule has 3 atom stereocenters. The van der Waals surface area contributed by atoms with Gasteiger partial charge >= 0.3 is 0 Å². The van der Waals surface area contributed by atoms with E-state index in [1.54, 1.807) is 54.6 Å². The Balaban J connectivity index is 1.57. The first kappa shape index (κ1) is 24.1. The number of ketones is 3. The molecule has 0 radical (unpaired) electrons. The number of fused-ring (bicyclic) bond motifs is 5. The molecule has 190 valence electrons. The van der Waals surface area contributed by atoms with Crippen molar-refractivity contribution in [3.8, 4) is 0 Å². The summed E-state index contributed by atoms with van der Waals surface area (Å²) >= 11 is 13.2. The Labute approximate surface area is 235 Å². The van der Waals surface area contributed by atoms with Crippen molar-refractivity contribution in [2.45, 2.75) is 18.0 Å². The third-order valence-corrected chi connectivity index (χ3v) is 8.91. The van der Waals surface area contributed by atoms with Crippen LogP contribution in [0, 0.1) is 5.41 Å². The van der Waals surface area contributed by atoms with Gasteiger partial charge in [0.05, 0.1) is 6.04 Å². The van der Waals surface area contributed by atoms with Crippen LogP contribution >= 0.6 is 23.2 Å². The number of carbonyl (C=O) groups excluding carboxylic acids is 3. The Morgan fingerprint density at radius 2 is 1.41 bits per heavy atom. The van der Waals surface area contributed by atoms with Gasteiger partial charge in [-0.1, -0.05) is 108 Å². The molecule has 1 spiro atoms. The van der Waals surface area contributed by atoms with Gasteiger partial charge in [-0.15, -0.1) is 0 Å². The molecule has 4 nitrogen and oxygen atoms in total. The second kappa shape index (κ2) is 8.77. The lowest BCUT2D eigenvalue weighted by molar-refractivity contribution is 0.0666. The van der Waals surface area contributed by atoms with Crippen molar-refractivity contribution in [2.75, 3.05) is 4.90 Å². The van der Waals surface area contributed by atoms with Gasteiger partial charge in [-0.3, -0.25) is 14.4 Å². The molecule has 0 aromatic heterocycles. The SMILES string of the molecule is O=C(c1ccccc1)[C@H]1[C@H](c2ccccc2Cl)C2(C(=O)c3ccccc3C2=O)[C@@H]2C=Cc3cc(Cl)ccc3N21. The van der Waals surface area contributed by atoms with Crippen molar-refractivity contribution in [3.05, 3.63) is 141 Å². The number of rotatable bonds is 3. The summed E-state index contributed by atoms with van der Waals surface area (Å²) in [6.07, 6.45) is 3.77. The zero-order chi connectivity index (χ0) is 26.9. The molecule has 0 N–H and O–H groups in total. The molecule has 2 aliphatic heterocycles. The highest BCUT2D eigenvalue weighted by Crippen LogP contribution is 2.61. The van der Waals surface area contributed by atoms with Crippen LogP contribution in [0.1, 0.15) is 48.1 Å². The van der Waals surface area contributed by atoms with Crippen LogP contribution in [-0.4, -0.2) is 29.4 Å². The molecule has 7 rings (SSSR count). The van der Waals surface area contributed by atoms with Crippen LogP contribution in [0.4, 0.5) is 5.69 Å².